The van der Waals surface area contributed by atoms with Gasteiger partial charge in [0.05, 0.1) is 12.6 Å². The molecule has 25 heavy (non-hydrogen) atoms. The van der Waals surface area contributed by atoms with Gasteiger partial charge in [-0.3, -0.25) is 0 Å². The molecule has 0 fully saturated rings. The number of nitrogens with zero attached hydrogens (tertiary/aromatic N) is 2. The second-order valence-corrected chi connectivity index (χ2v) is 6.11. The van der Waals surface area contributed by atoms with Crippen molar-refractivity contribution in [1.82, 2.24) is 9.88 Å². The van der Waals surface area contributed by atoms with Gasteiger partial charge in [-0.1, -0.05) is 11.6 Å². The van der Waals surface area contributed by atoms with Crippen molar-refractivity contribution in [3.05, 3.63) is 47.6 Å². The first kappa shape index (κ1) is 18.9. The quantitative estimate of drug-likeness (QED) is 0.805. The lowest BCUT2D eigenvalue weighted by atomic mass is 10.3. The number of nitrogens with one attached hydrogen (secondary N) is 1. The molecule has 0 aliphatic heterocycles. The van der Waals surface area contributed by atoms with E-state index in [0.717, 1.165) is 0 Å². The van der Waals surface area contributed by atoms with Gasteiger partial charge in [0.15, 0.2) is 0 Å². The molecule has 0 bridgehead atoms. The number of rotatable bonds is 7. The Morgan fingerprint density at radius 3 is 2.68 bits per heavy atom. The Balaban J connectivity index is 1.85. The Hall–Kier alpha value is -2.47. The zero-order valence-electron chi connectivity index (χ0n) is 14.5. The number of urea groups is 1. The lowest BCUT2D eigenvalue weighted by molar-refractivity contribution is 0.207. The van der Waals surface area contributed by atoms with Crippen LogP contribution in [0.5, 0.6) is 11.6 Å². The summed E-state index contributed by atoms with van der Waals surface area (Å²) in [5, 5.41) is 3.45. The lowest BCUT2D eigenvalue weighted by Crippen LogP contribution is -2.34. The summed E-state index contributed by atoms with van der Waals surface area (Å²) in [5.74, 6) is 1.11. The van der Waals surface area contributed by atoms with E-state index < -0.39 is 0 Å². The maximum atomic E-state index is 12.3. The monoisotopic (exact) mass is 363 g/mol. The number of halogens is 1. The predicted molar refractivity (Wildman–Crippen MR) is 98.6 cm³/mol. The number of carbonyl (C=O) groups is 1. The van der Waals surface area contributed by atoms with Gasteiger partial charge in [-0.25, -0.2) is 9.78 Å². The highest BCUT2D eigenvalue weighted by molar-refractivity contribution is 6.30. The number of amides is 2. The maximum Gasteiger partial charge on any atom is 0.321 e. The van der Waals surface area contributed by atoms with Crippen molar-refractivity contribution in [2.45, 2.75) is 20.0 Å². The van der Waals surface area contributed by atoms with Gasteiger partial charge >= 0.3 is 6.03 Å². The molecule has 0 aliphatic carbocycles. The number of anilines is 1. The summed E-state index contributed by atoms with van der Waals surface area (Å²) in [6, 6.07) is 10.3. The third-order valence-electron chi connectivity index (χ3n) is 3.22. The number of benzene rings is 1. The molecule has 0 spiro atoms. The fourth-order valence-corrected chi connectivity index (χ4v) is 2.07. The molecule has 1 heterocycles. The van der Waals surface area contributed by atoms with Crippen LogP contribution in [0.1, 0.15) is 13.8 Å². The molecule has 0 radical (unpaired) electrons. The van der Waals surface area contributed by atoms with Crippen LogP contribution in [0.15, 0.2) is 42.6 Å². The van der Waals surface area contributed by atoms with Crippen molar-refractivity contribution < 1.29 is 14.3 Å². The van der Waals surface area contributed by atoms with Crippen LogP contribution in [0.25, 0.3) is 0 Å². The maximum absolute atomic E-state index is 12.3. The van der Waals surface area contributed by atoms with E-state index in [-0.39, 0.29) is 12.1 Å². The van der Waals surface area contributed by atoms with Crippen LogP contribution in [0.2, 0.25) is 5.02 Å². The first-order chi connectivity index (χ1) is 12.0. The summed E-state index contributed by atoms with van der Waals surface area (Å²) in [7, 11) is 1.69. The molecular weight excluding hydrogens is 342 g/mol. The van der Waals surface area contributed by atoms with E-state index in [0.29, 0.717) is 35.5 Å². The van der Waals surface area contributed by atoms with E-state index in [2.05, 4.69) is 10.3 Å². The van der Waals surface area contributed by atoms with Crippen LogP contribution in [-0.4, -0.2) is 42.2 Å². The summed E-state index contributed by atoms with van der Waals surface area (Å²) < 4.78 is 11.2. The first-order valence-corrected chi connectivity index (χ1v) is 8.35. The van der Waals surface area contributed by atoms with Crippen LogP contribution in [0.4, 0.5) is 10.5 Å². The van der Waals surface area contributed by atoms with Crippen molar-refractivity contribution in [2.24, 2.45) is 0 Å². The molecule has 0 saturated carbocycles. The molecule has 6 nitrogen and oxygen atoms in total. The zero-order chi connectivity index (χ0) is 18.2. The number of pyridine rings is 1. The van der Waals surface area contributed by atoms with E-state index in [9.17, 15) is 4.79 Å². The number of aromatic nitrogens is 1. The van der Waals surface area contributed by atoms with Crippen molar-refractivity contribution in [2.75, 3.05) is 25.5 Å². The third kappa shape index (κ3) is 6.15. The standard InChI is InChI=1S/C18H22ClN3O3/c1-13(2)25-17-16(5-4-10-20-17)21-18(23)22(3)11-12-24-15-8-6-14(19)7-9-15/h4-10,13H,11-12H2,1-3H3,(H,21,23). The Morgan fingerprint density at radius 2 is 2.00 bits per heavy atom. The van der Waals surface area contributed by atoms with Crippen LogP contribution in [0, 0.1) is 0 Å². The average molecular weight is 364 g/mol. The van der Waals surface area contributed by atoms with Crippen molar-refractivity contribution >= 4 is 23.3 Å². The smallest absolute Gasteiger partial charge is 0.321 e. The SMILES string of the molecule is CC(C)Oc1ncccc1NC(=O)N(C)CCOc1ccc(Cl)cc1. The molecule has 134 valence electrons. The average Bonchev–Trinajstić information content (AvgIpc) is 2.58. The minimum Gasteiger partial charge on any atom is -0.492 e. The van der Waals surface area contributed by atoms with Gasteiger partial charge in [0.2, 0.25) is 5.88 Å². The normalized spacial score (nSPS) is 10.4. The highest BCUT2D eigenvalue weighted by Gasteiger charge is 2.13. The van der Waals surface area contributed by atoms with Crippen LogP contribution in [0.3, 0.4) is 0 Å². The number of hydrogen-bond acceptors (Lipinski definition) is 4. The van der Waals surface area contributed by atoms with Gasteiger partial charge in [-0.2, -0.15) is 0 Å². The molecule has 2 aromatic rings. The summed E-state index contributed by atoms with van der Waals surface area (Å²) in [6.07, 6.45) is 1.59. The Kier molecular flexibility index (Phi) is 6.89. The van der Waals surface area contributed by atoms with Crippen LogP contribution in [-0.2, 0) is 0 Å². The molecule has 0 unspecified atom stereocenters. The van der Waals surface area contributed by atoms with Gasteiger partial charge in [0, 0.05) is 18.3 Å². The highest BCUT2D eigenvalue weighted by atomic mass is 35.5. The van der Waals surface area contributed by atoms with E-state index in [1.807, 2.05) is 13.8 Å². The van der Waals surface area contributed by atoms with E-state index in [4.69, 9.17) is 21.1 Å². The fraction of sp³-hybridized carbons (Fsp3) is 0.333. The van der Waals surface area contributed by atoms with Crippen LogP contribution >= 0.6 is 11.6 Å². The summed E-state index contributed by atoms with van der Waals surface area (Å²) in [6.45, 7) is 4.60. The number of likely N-dealkylation sites (N-methyl/N-ethyl adjacent to an activating group) is 1. The minimum absolute atomic E-state index is 0.0314. The lowest BCUT2D eigenvalue weighted by Gasteiger charge is -2.19. The minimum atomic E-state index is -0.263. The first-order valence-electron chi connectivity index (χ1n) is 7.98. The largest absolute Gasteiger partial charge is 0.492 e. The fourth-order valence-electron chi connectivity index (χ4n) is 1.95. The van der Waals surface area contributed by atoms with E-state index in [1.165, 1.54) is 4.90 Å². The molecule has 7 heteroatoms. The second kappa shape index (κ2) is 9.13. The molecule has 0 aliphatic rings. The molecule has 0 saturated heterocycles. The van der Waals surface area contributed by atoms with Gasteiger partial charge in [-0.15, -0.1) is 0 Å². The van der Waals surface area contributed by atoms with Crippen molar-refractivity contribution in [3.63, 3.8) is 0 Å². The van der Waals surface area contributed by atoms with E-state index >= 15 is 0 Å². The topological polar surface area (TPSA) is 63.7 Å². The highest BCUT2D eigenvalue weighted by Crippen LogP contribution is 2.22. The molecule has 0 atom stereocenters. The number of ether oxygens (including phenoxy) is 2. The molecule has 2 rings (SSSR count). The predicted octanol–water partition coefficient (Wildman–Crippen LogP) is 4.06. The molecule has 2 amide bonds. The third-order valence-corrected chi connectivity index (χ3v) is 3.47. The Bertz CT molecular complexity index is 692. The molecule has 1 N–H and O–H groups in total. The summed E-state index contributed by atoms with van der Waals surface area (Å²) >= 11 is 5.83. The van der Waals surface area contributed by atoms with E-state index in [1.54, 1.807) is 49.6 Å². The second-order valence-electron chi connectivity index (χ2n) is 5.68. The Morgan fingerprint density at radius 1 is 1.28 bits per heavy atom. The molecule has 1 aromatic carbocycles. The Labute approximate surface area is 152 Å². The van der Waals surface area contributed by atoms with Gasteiger partial charge in [0.25, 0.3) is 0 Å². The number of hydrogen-bond donors (Lipinski definition) is 1. The van der Waals surface area contributed by atoms with Crippen molar-refractivity contribution in [1.29, 1.82) is 0 Å². The summed E-state index contributed by atoms with van der Waals surface area (Å²) in [4.78, 5) is 18.0. The van der Waals surface area contributed by atoms with Gasteiger partial charge in [-0.05, 0) is 50.2 Å². The number of carbonyl (C=O) groups excluding carboxylic acids is 1. The zero-order valence-corrected chi connectivity index (χ0v) is 15.3. The molecule has 1 aromatic heterocycles. The summed E-state index contributed by atoms with van der Waals surface area (Å²) in [5.41, 5.74) is 0.534. The van der Waals surface area contributed by atoms with Crippen molar-refractivity contribution in [3.8, 4) is 11.6 Å². The van der Waals surface area contributed by atoms with Gasteiger partial charge < -0.3 is 19.7 Å². The van der Waals surface area contributed by atoms with Crippen LogP contribution < -0.4 is 14.8 Å². The molecular formula is C18H22ClN3O3. The van der Waals surface area contributed by atoms with Gasteiger partial charge in [0.1, 0.15) is 18.0 Å².